The second-order valence-electron chi connectivity index (χ2n) is 5.83. The minimum atomic E-state index is -3.79. The number of sulfonamides is 1. The Hall–Kier alpha value is -2.39. The number of piperidine rings is 1. The van der Waals surface area contributed by atoms with E-state index in [0.717, 1.165) is 0 Å². The summed E-state index contributed by atoms with van der Waals surface area (Å²) in [5.41, 5.74) is 0.619. The lowest BCUT2D eigenvalue weighted by Crippen LogP contribution is -2.42. The van der Waals surface area contributed by atoms with Gasteiger partial charge in [0.2, 0.25) is 10.0 Å². The average Bonchev–Trinajstić information content (AvgIpc) is 3.12. The third-order valence-electron chi connectivity index (χ3n) is 4.26. The van der Waals surface area contributed by atoms with Gasteiger partial charge >= 0.3 is 5.97 Å². The van der Waals surface area contributed by atoms with Crippen LogP contribution in [0.4, 0.5) is 0 Å². The van der Waals surface area contributed by atoms with Crippen molar-refractivity contribution >= 4 is 16.0 Å². The van der Waals surface area contributed by atoms with Crippen molar-refractivity contribution in [3.05, 3.63) is 36.7 Å². The number of carboxylic acids is 1. The maximum atomic E-state index is 12.8. The zero-order chi connectivity index (χ0) is 18.0. The fourth-order valence-corrected chi connectivity index (χ4v) is 4.36. The molecule has 0 amide bonds. The number of aliphatic carboxylic acids is 1. The molecule has 0 bridgehead atoms. The molecule has 1 saturated heterocycles. The lowest BCUT2D eigenvalue weighted by Gasteiger charge is -2.29. The van der Waals surface area contributed by atoms with E-state index in [2.05, 4.69) is 5.10 Å². The number of hydrogen-bond donors (Lipinski definition) is 1. The Kier molecular flexibility index (Phi) is 4.78. The van der Waals surface area contributed by atoms with Gasteiger partial charge in [-0.25, -0.2) is 13.1 Å². The molecule has 1 aromatic heterocycles. The molecule has 3 rings (SSSR count). The fraction of sp³-hybridized carbons (Fsp3) is 0.375. The first-order valence-electron chi connectivity index (χ1n) is 7.84. The molecule has 1 unspecified atom stereocenters. The van der Waals surface area contributed by atoms with Crippen LogP contribution in [-0.2, 0) is 14.8 Å². The minimum Gasteiger partial charge on any atom is -0.494 e. The molecule has 1 aliphatic heterocycles. The highest BCUT2D eigenvalue weighted by molar-refractivity contribution is 7.89. The summed E-state index contributed by atoms with van der Waals surface area (Å²) in [6, 6.07) is 7.13. The largest absolute Gasteiger partial charge is 0.494 e. The van der Waals surface area contributed by atoms with Crippen LogP contribution in [0.25, 0.3) is 5.69 Å². The van der Waals surface area contributed by atoms with Gasteiger partial charge < -0.3 is 9.84 Å². The number of ether oxygens (including phenoxy) is 1. The summed E-state index contributed by atoms with van der Waals surface area (Å²) < 4.78 is 33.5. The molecule has 0 aliphatic carbocycles. The molecule has 1 atom stereocenters. The van der Waals surface area contributed by atoms with Gasteiger partial charge in [-0.1, -0.05) is 12.1 Å². The summed E-state index contributed by atoms with van der Waals surface area (Å²) in [5, 5.41) is 13.3. The van der Waals surface area contributed by atoms with Crippen molar-refractivity contribution in [1.29, 1.82) is 0 Å². The lowest BCUT2D eigenvalue weighted by molar-refractivity contribution is -0.142. The number of nitrogens with zero attached hydrogens (tertiary/aromatic N) is 3. The molecule has 134 valence electrons. The van der Waals surface area contributed by atoms with Crippen molar-refractivity contribution in [2.75, 3.05) is 20.2 Å². The lowest BCUT2D eigenvalue weighted by atomic mass is 10.0. The van der Waals surface area contributed by atoms with Crippen molar-refractivity contribution in [3.63, 3.8) is 0 Å². The highest BCUT2D eigenvalue weighted by atomic mass is 32.2. The van der Waals surface area contributed by atoms with Gasteiger partial charge in [0, 0.05) is 13.1 Å². The van der Waals surface area contributed by atoms with Crippen molar-refractivity contribution < 1.29 is 23.1 Å². The van der Waals surface area contributed by atoms with Gasteiger partial charge in [0.15, 0.2) is 0 Å². The van der Waals surface area contributed by atoms with E-state index in [1.807, 2.05) is 6.07 Å². The smallest absolute Gasteiger partial charge is 0.307 e. The molecule has 0 radical (unpaired) electrons. The third kappa shape index (κ3) is 3.38. The first-order valence-corrected chi connectivity index (χ1v) is 9.28. The van der Waals surface area contributed by atoms with Gasteiger partial charge in [0.05, 0.1) is 25.4 Å². The van der Waals surface area contributed by atoms with E-state index >= 15 is 0 Å². The van der Waals surface area contributed by atoms with Crippen LogP contribution in [0, 0.1) is 5.92 Å². The summed E-state index contributed by atoms with van der Waals surface area (Å²) in [6.07, 6.45) is 3.70. The number of aromatic nitrogens is 2. The number of hydrogen-bond acceptors (Lipinski definition) is 5. The van der Waals surface area contributed by atoms with E-state index in [0.29, 0.717) is 30.8 Å². The molecule has 1 aliphatic rings. The first-order chi connectivity index (χ1) is 11.9. The van der Waals surface area contributed by atoms with Gasteiger partial charge in [-0.3, -0.25) is 4.79 Å². The molecule has 2 aromatic rings. The first kappa shape index (κ1) is 17.4. The van der Waals surface area contributed by atoms with Gasteiger partial charge in [-0.15, -0.1) is 0 Å². The fourth-order valence-electron chi connectivity index (χ4n) is 2.90. The topological polar surface area (TPSA) is 102 Å². The van der Waals surface area contributed by atoms with Gasteiger partial charge in [0.1, 0.15) is 16.3 Å². The molecule has 25 heavy (non-hydrogen) atoms. The maximum Gasteiger partial charge on any atom is 0.307 e. The average molecular weight is 365 g/mol. The Morgan fingerprint density at radius 3 is 2.84 bits per heavy atom. The van der Waals surface area contributed by atoms with Crippen LogP contribution >= 0.6 is 0 Å². The highest BCUT2D eigenvalue weighted by Gasteiger charge is 2.34. The number of carbonyl (C=O) groups is 1. The molecule has 0 saturated carbocycles. The van der Waals surface area contributed by atoms with Gasteiger partial charge in [-0.2, -0.15) is 9.40 Å². The monoisotopic (exact) mass is 365 g/mol. The number of methoxy groups -OCH3 is 1. The molecule has 1 N–H and O–H groups in total. The van der Waals surface area contributed by atoms with Crippen LogP contribution in [0.15, 0.2) is 41.6 Å². The minimum absolute atomic E-state index is 0.0164. The Balaban J connectivity index is 1.89. The van der Waals surface area contributed by atoms with Crippen LogP contribution in [-0.4, -0.2) is 53.8 Å². The van der Waals surface area contributed by atoms with Crippen LogP contribution < -0.4 is 4.74 Å². The predicted molar refractivity (Wildman–Crippen MR) is 89.2 cm³/mol. The maximum absolute atomic E-state index is 12.8. The van der Waals surface area contributed by atoms with E-state index < -0.39 is 21.9 Å². The molecule has 8 nitrogen and oxygen atoms in total. The Labute approximate surface area is 145 Å². The van der Waals surface area contributed by atoms with E-state index in [1.165, 1.54) is 28.5 Å². The second kappa shape index (κ2) is 6.85. The van der Waals surface area contributed by atoms with E-state index in [9.17, 15) is 13.2 Å². The normalized spacial score (nSPS) is 18.8. The number of carboxylic acid groups (broad SMARTS) is 1. The van der Waals surface area contributed by atoms with Gasteiger partial charge in [-0.05, 0) is 25.0 Å². The van der Waals surface area contributed by atoms with Crippen molar-refractivity contribution in [2.24, 2.45) is 5.92 Å². The van der Waals surface area contributed by atoms with Crippen LogP contribution in [0.5, 0.6) is 5.75 Å². The molecule has 9 heteroatoms. The quantitative estimate of drug-likeness (QED) is 0.859. The number of rotatable bonds is 5. The van der Waals surface area contributed by atoms with Crippen LogP contribution in [0.2, 0.25) is 0 Å². The van der Waals surface area contributed by atoms with E-state index in [-0.39, 0.29) is 11.4 Å². The number of benzene rings is 1. The van der Waals surface area contributed by atoms with Crippen molar-refractivity contribution in [3.8, 4) is 11.4 Å². The van der Waals surface area contributed by atoms with E-state index in [1.54, 1.807) is 18.2 Å². The number of para-hydroxylation sites is 2. The van der Waals surface area contributed by atoms with Crippen LogP contribution in [0.3, 0.4) is 0 Å². The molecule has 1 fully saturated rings. The Bertz CT molecular complexity index is 877. The van der Waals surface area contributed by atoms with Gasteiger partial charge in [0.25, 0.3) is 0 Å². The summed E-state index contributed by atoms with van der Waals surface area (Å²) in [6.45, 7) is 0.295. The standard InChI is InChI=1S/C16H19N3O5S/c1-24-15-7-3-2-6-14(15)19-11-13(9-17-19)25(22,23)18-8-4-5-12(10-18)16(20)21/h2-3,6-7,9,11-12H,4-5,8,10H2,1H3,(H,20,21). The third-order valence-corrected chi connectivity index (χ3v) is 6.08. The second-order valence-corrected chi connectivity index (χ2v) is 7.77. The molecule has 2 heterocycles. The highest BCUT2D eigenvalue weighted by Crippen LogP contribution is 2.26. The summed E-state index contributed by atoms with van der Waals surface area (Å²) in [7, 11) is -2.26. The zero-order valence-corrected chi connectivity index (χ0v) is 14.5. The molecular weight excluding hydrogens is 346 g/mol. The zero-order valence-electron chi connectivity index (χ0n) is 13.7. The van der Waals surface area contributed by atoms with Crippen LogP contribution in [0.1, 0.15) is 12.8 Å². The summed E-state index contributed by atoms with van der Waals surface area (Å²) in [5.74, 6) is -1.07. The molecule has 0 spiro atoms. The Morgan fingerprint density at radius 1 is 1.36 bits per heavy atom. The summed E-state index contributed by atoms with van der Waals surface area (Å²) >= 11 is 0. The molecule has 1 aromatic carbocycles. The molecular formula is C16H19N3O5S. The summed E-state index contributed by atoms with van der Waals surface area (Å²) in [4.78, 5) is 11.2. The van der Waals surface area contributed by atoms with Crippen molar-refractivity contribution in [2.45, 2.75) is 17.7 Å². The Morgan fingerprint density at radius 2 is 2.12 bits per heavy atom. The SMILES string of the molecule is COc1ccccc1-n1cc(S(=O)(=O)N2CCCC(C(=O)O)C2)cn1. The van der Waals surface area contributed by atoms with Crippen molar-refractivity contribution in [1.82, 2.24) is 14.1 Å². The van der Waals surface area contributed by atoms with E-state index in [4.69, 9.17) is 9.84 Å². The predicted octanol–water partition coefficient (Wildman–Crippen LogP) is 1.37.